The molecule has 31 heavy (non-hydrogen) atoms. The van der Waals surface area contributed by atoms with Crippen molar-refractivity contribution in [1.82, 2.24) is 4.98 Å². The Bertz CT molecular complexity index is 962. The van der Waals surface area contributed by atoms with Gasteiger partial charge in [0, 0.05) is 26.0 Å². The molecule has 0 amide bonds. The van der Waals surface area contributed by atoms with Gasteiger partial charge in [-0.3, -0.25) is 4.98 Å². The molecule has 2 fully saturated rings. The van der Waals surface area contributed by atoms with Crippen molar-refractivity contribution >= 4 is 10.9 Å². The molecule has 2 aliphatic carbocycles. The van der Waals surface area contributed by atoms with E-state index in [1.165, 1.54) is 30.2 Å². The number of benzene rings is 2. The Balaban J connectivity index is 0.000000176. The van der Waals surface area contributed by atoms with Gasteiger partial charge in [-0.2, -0.15) is 0 Å². The van der Waals surface area contributed by atoms with Crippen LogP contribution in [0.15, 0.2) is 54.6 Å². The van der Waals surface area contributed by atoms with Gasteiger partial charge in [0.2, 0.25) is 0 Å². The number of hydrogen-bond acceptors (Lipinski definition) is 3. The van der Waals surface area contributed by atoms with Crippen LogP contribution in [0.25, 0.3) is 22.2 Å². The summed E-state index contributed by atoms with van der Waals surface area (Å²) in [7, 11) is 0. The van der Waals surface area contributed by atoms with Gasteiger partial charge < -0.3 is 10.2 Å². The Morgan fingerprint density at radius 2 is 1.58 bits per heavy atom. The molecule has 2 aromatic carbocycles. The van der Waals surface area contributed by atoms with Gasteiger partial charge in [0.05, 0.1) is 17.7 Å². The fourth-order valence-corrected chi connectivity index (χ4v) is 5.08. The summed E-state index contributed by atoms with van der Waals surface area (Å²) in [5.74, 6) is 0.789. The summed E-state index contributed by atoms with van der Waals surface area (Å²) < 4.78 is 0. The number of nitrogens with zero attached hydrogens (tertiary/aromatic N) is 1. The van der Waals surface area contributed by atoms with Crippen LogP contribution >= 0.6 is 0 Å². The molecular formula is C27H32IrNO2-. The normalized spacial score (nSPS) is 25.4. The van der Waals surface area contributed by atoms with E-state index in [1.54, 1.807) is 0 Å². The predicted molar refractivity (Wildman–Crippen MR) is 122 cm³/mol. The molecule has 4 heteroatoms. The zero-order chi connectivity index (χ0) is 20.9. The standard InChI is InChI=1S/C16H12N.C11H20O2.Ir/c1-12-7-8-14-9-10-15(17-16(14)11-12)13-5-3-2-4-6-13;12-9-6-2-1-4-8-5-3-7-10(13)11(8)9;/h2-5,7-11H,1H3;8-13H,1-7H2;/q-1;;. The molecule has 2 aliphatic rings. The Morgan fingerprint density at radius 3 is 2.35 bits per heavy atom. The van der Waals surface area contributed by atoms with Crippen LogP contribution in [-0.2, 0) is 20.1 Å². The van der Waals surface area contributed by atoms with Crippen molar-refractivity contribution in [3.63, 3.8) is 0 Å². The molecule has 1 radical (unpaired) electrons. The van der Waals surface area contributed by atoms with Crippen molar-refractivity contribution in [3.05, 3.63) is 66.2 Å². The van der Waals surface area contributed by atoms with Crippen LogP contribution in [0.1, 0.15) is 50.5 Å². The molecule has 3 aromatic rings. The Kier molecular flexibility index (Phi) is 8.80. The molecule has 3 nitrogen and oxygen atoms in total. The van der Waals surface area contributed by atoms with Crippen LogP contribution < -0.4 is 0 Å². The van der Waals surface area contributed by atoms with E-state index in [4.69, 9.17) is 0 Å². The molecule has 1 heterocycles. The van der Waals surface area contributed by atoms with Crippen LogP contribution in [0, 0.1) is 24.8 Å². The second kappa shape index (κ2) is 11.3. The molecule has 4 atom stereocenters. The summed E-state index contributed by atoms with van der Waals surface area (Å²) in [5.41, 5.74) is 4.29. The fourth-order valence-electron chi connectivity index (χ4n) is 5.08. The number of aliphatic hydroxyl groups excluding tert-OH is 2. The first-order chi connectivity index (χ1) is 14.6. The van der Waals surface area contributed by atoms with Gasteiger partial charge >= 0.3 is 0 Å². The largest absolute Gasteiger partial charge is 0.393 e. The van der Waals surface area contributed by atoms with Gasteiger partial charge in [-0.25, -0.2) is 0 Å². The third-order valence-electron chi connectivity index (χ3n) is 6.67. The van der Waals surface area contributed by atoms with Crippen molar-refractivity contribution in [1.29, 1.82) is 0 Å². The molecule has 2 N–H and O–H groups in total. The third kappa shape index (κ3) is 6.02. The number of aryl methyl sites for hydroxylation is 1. The second-order valence-electron chi connectivity index (χ2n) is 8.86. The quantitative estimate of drug-likeness (QED) is 0.355. The molecular weight excluding hydrogens is 563 g/mol. The van der Waals surface area contributed by atoms with E-state index in [0.717, 1.165) is 42.5 Å². The predicted octanol–water partition coefficient (Wildman–Crippen LogP) is 5.71. The van der Waals surface area contributed by atoms with Crippen LogP contribution in [0.5, 0.6) is 0 Å². The zero-order valence-corrected chi connectivity index (χ0v) is 20.5. The minimum absolute atomic E-state index is 0. The average molecular weight is 595 g/mol. The van der Waals surface area contributed by atoms with E-state index >= 15 is 0 Å². The smallest absolute Gasteiger partial charge is 0.0597 e. The summed E-state index contributed by atoms with van der Waals surface area (Å²) in [6, 6.07) is 21.6. The van der Waals surface area contributed by atoms with E-state index in [2.05, 4.69) is 42.2 Å². The summed E-state index contributed by atoms with van der Waals surface area (Å²) in [5, 5.41) is 20.9. The maximum absolute atomic E-state index is 9.89. The van der Waals surface area contributed by atoms with E-state index in [9.17, 15) is 10.2 Å². The first kappa shape index (κ1) is 24.1. The van der Waals surface area contributed by atoms with Crippen LogP contribution in [0.3, 0.4) is 0 Å². The molecule has 1 aromatic heterocycles. The monoisotopic (exact) mass is 595 g/mol. The van der Waals surface area contributed by atoms with Gasteiger partial charge in [0.1, 0.15) is 0 Å². The van der Waals surface area contributed by atoms with Crippen LogP contribution in [0.4, 0.5) is 0 Å². The second-order valence-corrected chi connectivity index (χ2v) is 8.86. The zero-order valence-electron chi connectivity index (χ0n) is 18.1. The van der Waals surface area contributed by atoms with Gasteiger partial charge in [0.25, 0.3) is 0 Å². The number of pyridine rings is 1. The molecule has 167 valence electrons. The number of fused-ring (bicyclic) bond motifs is 2. The number of aliphatic hydroxyl groups is 2. The Labute approximate surface area is 199 Å². The first-order valence-electron chi connectivity index (χ1n) is 11.3. The summed E-state index contributed by atoms with van der Waals surface area (Å²) >= 11 is 0. The SMILES string of the molecule is Cc1ccc2ccc(-c3[c-]cccc3)nc2c1.OC1CCCCC2CCCC(O)C12.[Ir]. The van der Waals surface area contributed by atoms with E-state index in [1.807, 2.05) is 30.3 Å². The molecule has 0 bridgehead atoms. The van der Waals surface area contributed by atoms with Gasteiger partial charge in [-0.05, 0) is 61.2 Å². The van der Waals surface area contributed by atoms with Gasteiger partial charge in [0.15, 0.2) is 0 Å². The first-order valence-corrected chi connectivity index (χ1v) is 11.3. The summed E-state index contributed by atoms with van der Waals surface area (Å²) in [4.78, 5) is 4.68. The molecule has 5 rings (SSSR count). The maximum atomic E-state index is 9.89. The summed E-state index contributed by atoms with van der Waals surface area (Å²) in [6.07, 6.45) is 7.31. The van der Waals surface area contributed by atoms with Crippen molar-refractivity contribution in [2.45, 2.75) is 64.1 Å². The van der Waals surface area contributed by atoms with E-state index in [-0.39, 0.29) is 38.2 Å². The van der Waals surface area contributed by atoms with Crippen molar-refractivity contribution in [2.24, 2.45) is 11.8 Å². The van der Waals surface area contributed by atoms with Gasteiger partial charge in [-0.1, -0.05) is 43.5 Å². The molecule has 4 unspecified atom stereocenters. The van der Waals surface area contributed by atoms with Crippen molar-refractivity contribution in [2.75, 3.05) is 0 Å². The fraction of sp³-hybridized carbons (Fsp3) is 0.444. The van der Waals surface area contributed by atoms with Crippen LogP contribution in [0.2, 0.25) is 0 Å². The molecule has 0 saturated heterocycles. The van der Waals surface area contributed by atoms with Crippen molar-refractivity contribution in [3.8, 4) is 11.3 Å². The minimum Gasteiger partial charge on any atom is -0.393 e. The minimum atomic E-state index is -0.234. The summed E-state index contributed by atoms with van der Waals surface area (Å²) in [6.45, 7) is 2.09. The molecule has 2 saturated carbocycles. The van der Waals surface area contributed by atoms with E-state index in [0.29, 0.717) is 5.92 Å². The number of rotatable bonds is 1. The Morgan fingerprint density at radius 1 is 0.871 bits per heavy atom. The van der Waals surface area contributed by atoms with E-state index < -0.39 is 0 Å². The number of hydrogen-bond donors (Lipinski definition) is 2. The third-order valence-corrected chi connectivity index (χ3v) is 6.67. The molecule has 0 aliphatic heterocycles. The van der Waals surface area contributed by atoms with Crippen molar-refractivity contribution < 1.29 is 30.3 Å². The van der Waals surface area contributed by atoms with Gasteiger partial charge in [-0.15, -0.1) is 35.9 Å². The number of aromatic nitrogens is 1. The molecule has 0 spiro atoms. The average Bonchev–Trinajstić information content (AvgIpc) is 2.96. The Hall–Kier alpha value is -1.58. The topological polar surface area (TPSA) is 53.4 Å². The van der Waals surface area contributed by atoms with Crippen LogP contribution in [-0.4, -0.2) is 27.4 Å². The maximum Gasteiger partial charge on any atom is 0.0597 e.